The van der Waals surface area contributed by atoms with Gasteiger partial charge in [-0.15, -0.1) is 0 Å². The van der Waals surface area contributed by atoms with E-state index in [2.05, 4.69) is 4.90 Å². The molecule has 0 bridgehead atoms. The molecule has 0 unspecified atom stereocenters. The van der Waals surface area contributed by atoms with Gasteiger partial charge in [-0.25, -0.2) is 13.2 Å². The number of hydrogen-bond acceptors (Lipinski definition) is 6. The summed E-state index contributed by atoms with van der Waals surface area (Å²) in [6.07, 6.45) is 1.54. The number of halogens is 3. The van der Waals surface area contributed by atoms with Gasteiger partial charge in [-0.1, -0.05) is 12.1 Å². The summed E-state index contributed by atoms with van der Waals surface area (Å²) in [7, 11) is 0. The van der Waals surface area contributed by atoms with Gasteiger partial charge in [0.15, 0.2) is 17.5 Å². The van der Waals surface area contributed by atoms with Crippen molar-refractivity contribution in [1.82, 2.24) is 4.90 Å². The summed E-state index contributed by atoms with van der Waals surface area (Å²) in [6.45, 7) is 2.19. The molecule has 11 heteroatoms. The Morgan fingerprint density at radius 2 is 1.73 bits per heavy atom. The Hall–Kier alpha value is -3.31. The number of rotatable bonds is 5. The van der Waals surface area contributed by atoms with Crippen LogP contribution < -0.4 is 10.2 Å². The average molecular weight is 477 g/mol. The van der Waals surface area contributed by atoms with E-state index in [4.69, 9.17) is 4.74 Å². The molecule has 2 fully saturated rings. The SMILES string of the molecule is O=C(CN1C(=O)S/C(=C/c2ccc(N3CCOCC3)cc2)C1=O)Nc1ccc(F)c(F)c1F. The highest BCUT2D eigenvalue weighted by atomic mass is 32.2. The smallest absolute Gasteiger partial charge is 0.294 e. The minimum atomic E-state index is -1.73. The second-order valence-electron chi connectivity index (χ2n) is 7.23. The Kier molecular flexibility index (Phi) is 6.70. The van der Waals surface area contributed by atoms with Gasteiger partial charge in [0, 0.05) is 18.8 Å². The number of hydrogen-bond donors (Lipinski definition) is 1. The lowest BCUT2D eigenvalue weighted by Gasteiger charge is -2.28. The Morgan fingerprint density at radius 3 is 2.42 bits per heavy atom. The maximum atomic E-state index is 13.7. The summed E-state index contributed by atoms with van der Waals surface area (Å²) < 4.78 is 45.4. The van der Waals surface area contributed by atoms with Crippen molar-refractivity contribution in [2.75, 3.05) is 43.1 Å². The van der Waals surface area contributed by atoms with Gasteiger partial charge in [0.2, 0.25) is 5.91 Å². The molecule has 2 aliphatic rings. The quantitative estimate of drug-likeness (QED) is 0.524. The predicted octanol–water partition coefficient (Wildman–Crippen LogP) is 3.62. The summed E-state index contributed by atoms with van der Waals surface area (Å²) in [5.41, 5.74) is 1.12. The zero-order valence-corrected chi connectivity index (χ0v) is 18.0. The zero-order chi connectivity index (χ0) is 23.5. The van der Waals surface area contributed by atoms with E-state index in [1.54, 1.807) is 6.08 Å². The first-order chi connectivity index (χ1) is 15.8. The van der Waals surface area contributed by atoms with Crippen LogP contribution in [0.5, 0.6) is 0 Å². The van der Waals surface area contributed by atoms with Crippen molar-refractivity contribution in [3.8, 4) is 0 Å². The van der Waals surface area contributed by atoms with Gasteiger partial charge in [0.1, 0.15) is 6.54 Å². The number of carbonyl (C=O) groups excluding carboxylic acids is 3. The van der Waals surface area contributed by atoms with Crippen molar-refractivity contribution in [2.45, 2.75) is 0 Å². The summed E-state index contributed by atoms with van der Waals surface area (Å²) >= 11 is 0.673. The maximum Gasteiger partial charge on any atom is 0.294 e. The lowest BCUT2D eigenvalue weighted by molar-refractivity contribution is -0.127. The van der Waals surface area contributed by atoms with Gasteiger partial charge in [-0.3, -0.25) is 19.3 Å². The minimum Gasteiger partial charge on any atom is -0.378 e. The highest BCUT2D eigenvalue weighted by Crippen LogP contribution is 2.32. The fourth-order valence-corrected chi connectivity index (χ4v) is 4.18. The van der Waals surface area contributed by atoms with E-state index in [1.807, 2.05) is 29.6 Å². The number of thioether (sulfide) groups is 1. The molecule has 2 aliphatic heterocycles. The van der Waals surface area contributed by atoms with Crippen LogP contribution in [0.15, 0.2) is 41.3 Å². The van der Waals surface area contributed by atoms with Gasteiger partial charge in [0.25, 0.3) is 11.1 Å². The highest BCUT2D eigenvalue weighted by molar-refractivity contribution is 8.18. The van der Waals surface area contributed by atoms with E-state index >= 15 is 0 Å². The van der Waals surface area contributed by atoms with E-state index < -0.39 is 46.7 Å². The number of carbonyl (C=O) groups is 3. The van der Waals surface area contributed by atoms with Crippen LogP contribution in [0.25, 0.3) is 6.08 Å². The molecule has 2 aromatic rings. The third kappa shape index (κ3) is 5.04. The number of amides is 3. The molecular formula is C22H18F3N3O4S. The predicted molar refractivity (Wildman–Crippen MR) is 117 cm³/mol. The maximum absolute atomic E-state index is 13.7. The number of ether oxygens (including phenoxy) is 1. The van der Waals surface area contributed by atoms with Crippen molar-refractivity contribution in [3.63, 3.8) is 0 Å². The molecule has 0 aliphatic carbocycles. The molecule has 0 spiro atoms. The molecule has 7 nitrogen and oxygen atoms in total. The lowest BCUT2D eigenvalue weighted by atomic mass is 10.1. The van der Waals surface area contributed by atoms with Crippen molar-refractivity contribution < 1.29 is 32.3 Å². The number of benzene rings is 2. The number of nitrogens with one attached hydrogen (secondary N) is 1. The van der Waals surface area contributed by atoms with Gasteiger partial charge >= 0.3 is 0 Å². The normalized spacial score (nSPS) is 17.7. The number of anilines is 2. The molecule has 0 radical (unpaired) electrons. The average Bonchev–Trinajstić information content (AvgIpc) is 3.08. The van der Waals surface area contributed by atoms with Crippen LogP contribution in [-0.2, 0) is 14.3 Å². The van der Waals surface area contributed by atoms with Crippen molar-refractivity contribution in [3.05, 3.63) is 64.3 Å². The second-order valence-corrected chi connectivity index (χ2v) is 8.22. The Bertz CT molecular complexity index is 1130. The van der Waals surface area contributed by atoms with E-state index in [-0.39, 0.29) is 4.91 Å². The fourth-order valence-electron chi connectivity index (χ4n) is 3.35. The Balaban J connectivity index is 1.41. The summed E-state index contributed by atoms with van der Waals surface area (Å²) in [5.74, 6) is -6.32. The Labute approximate surface area is 191 Å². The second kappa shape index (κ2) is 9.67. The molecule has 172 valence electrons. The van der Waals surface area contributed by atoms with Crippen LogP contribution in [0, 0.1) is 17.5 Å². The van der Waals surface area contributed by atoms with E-state index in [0.29, 0.717) is 41.5 Å². The third-order valence-electron chi connectivity index (χ3n) is 5.05. The molecule has 4 rings (SSSR count). The minimum absolute atomic E-state index is 0.130. The molecular weight excluding hydrogens is 459 g/mol. The molecule has 1 N–H and O–H groups in total. The molecule has 33 heavy (non-hydrogen) atoms. The van der Waals surface area contributed by atoms with E-state index in [1.165, 1.54) is 0 Å². The van der Waals surface area contributed by atoms with E-state index in [9.17, 15) is 27.6 Å². The first kappa shape index (κ1) is 22.9. The highest BCUT2D eigenvalue weighted by Gasteiger charge is 2.36. The number of morpholine rings is 1. The van der Waals surface area contributed by atoms with Crippen LogP contribution in [0.2, 0.25) is 0 Å². The monoisotopic (exact) mass is 477 g/mol. The topological polar surface area (TPSA) is 79.0 Å². The van der Waals surface area contributed by atoms with Crippen molar-refractivity contribution in [1.29, 1.82) is 0 Å². The molecule has 0 saturated carbocycles. The molecule has 0 atom stereocenters. The largest absolute Gasteiger partial charge is 0.378 e. The summed E-state index contributed by atoms with van der Waals surface area (Å²) in [6, 6.07) is 8.95. The first-order valence-corrected chi connectivity index (χ1v) is 10.8. The van der Waals surface area contributed by atoms with Crippen LogP contribution >= 0.6 is 11.8 Å². The summed E-state index contributed by atoms with van der Waals surface area (Å²) in [4.78, 5) is 40.0. The molecule has 2 saturated heterocycles. The van der Waals surface area contributed by atoms with Gasteiger partial charge in [-0.2, -0.15) is 0 Å². The van der Waals surface area contributed by atoms with Crippen molar-refractivity contribution >= 4 is 46.3 Å². The van der Waals surface area contributed by atoms with Crippen molar-refractivity contribution in [2.24, 2.45) is 0 Å². The van der Waals surface area contributed by atoms with Crippen LogP contribution in [0.4, 0.5) is 29.3 Å². The Morgan fingerprint density at radius 1 is 1.03 bits per heavy atom. The van der Waals surface area contributed by atoms with Gasteiger partial charge in [0.05, 0.1) is 23.8 Å². The van der Waals surface area contributed by atoms with Crippen LogP contribution in [-0.4, -0.2) is 54.8 Å². The van der Waals surface area contributed by atoms with Gasteiger partial charge < -0.3 is 15.0 Å². The number of nitrogens with zero attached hydrogens (tertiary/aromatic N) is 2. The third-order valence-corrected chi connectivity index (χ3v) is 5.96. The number of imide groups is 1. The lowest BCUT2D eigenvalue weighted by Crippen LogP contribution is -2.36. The van der Waals surface area contributed by atoms with Crippen LogP contribution in [0.3, 0.4) is 0 Å². The fraction of sp³-hybridized carbons (Fsp3) is 0.227. The molecule has 0 aromatic heterocycles. The van der Waals surface area contributed by atoms with Gasteiger partial charge in [-0.05, 0) is 47.7 Å². The molecule has 3 amide bonds. The standard InChI is InChI=1S/C22H18F3N3O4S/c23-15-5-6-16(20(25)19(15)24)26-18(29)12-28-21(30)17(33-22(28)31)11-13-1-3-14(4-2-13)27-7-9-32-10-8-27/h1-6,11H,7-10,12H2,(H,26,29)/b17-11+. The summed E-state index contributed by atoms with van der Waals surface area (Å²) in [5, 5.41) is 1.37. The van der Waals surface area contributed by atoms with Crippen LogP contribution in [0.1, 0.15) is 5.56 Å². The molecule has 2 heterocycles. The first-order valence-electron chi connectivity index (χ1n) is 9.95. The molecule has 2 aromatic carbocycles. The zero-order valence-electron chi connectivity index (χ0n) is 17.1. The van der Waals surface area contributed by atoms with E-state index in [0.717, 1.165) is 24.8 Å².